The summed E-state index contributed by atoms with van der Waals surface area (Å²) in [6.07, 6.45) is 3.80. The van der Waals surface area contributed by atoms with E-state index in [1.807, 2.05) is 36.4 Å². The number of amides is 4. The van der Waals surface area contributed by atoms with Crippen molar-refractivity contribution in [2.75, 3.05) is 24.4 Å². The van der Waals surface area contributed by atoms with E-state index in [9.17, 15) is 24.0 Å². The molecular weight excluding hydrogens is 771 g/mol. The van der Waals surface area contributed by atoms with Crippen LogP contribution in [0.3, 0.4) is 0 Å². The summed E-state index contributed by atoms with van der Waals surface area (Å²) in [4.78, 5) is 70.5. The monoisotopic (exact) mass is 827 g/mol. The van der Waals surface area contributed by atoms with Crippen molar-refractivity contribution in [2.45, 2.75) is 116 Å². The number of esters is 1. The van der Waals surface area contributed by atoms with Crippen LogP contribution < -0.4 is 30.3 Å². The van der Waals surface area contributed by atoms with Crippen LogP contribution in [-0.4, -0.2) is 76.5 Å². The number of fused-ring (bicyclic) bond motifs is 4. The SMILES string of the molecule is COC(=O)CCCCC(=O)N[C@@H](C)C(=O)N[C@@H](C)C(=O)Nc1cc(COc2cc3c(cc2OC)C(=O)N2c4ccccc4C[C@H]2C=N3)cc(CO[Si](C)(C)C(C)(C)C)c1. The minimum absolute atomic E-state index is 0.0235. The number of hydrogen-bond donors (Lipinski definition) is 3. The fraction of sp³-hybridized carbons (Fsp3) is 0.455. The Labute approximate surface area is 347 Å². The second-order valence-electron chi connectivity index (χ2n) is 16.5. The third kappa shape index (κ3) is 11.1. The van der Waals surface area contributed by atoms with Gasteiger partial charge in [-0.15, -0.1) is 0 Å². The lowest BCUT2D eigenvalue weighted by atomic mass is 10.1. The summed E-state index contributed by atoms with van der Waals surface area (Å²) in [5.41, 5.74) is 4.87. The van der Waals surface area contributed by atoms with Gasteiger partial charge in [-0.25, -0.2) is 0 Å². The van der Waals surface area contributed by atoms with Crippen LogP contribution in [0.2, 0.25) is 18.1 Å². The van der Waals surface area contributed by atoms with Crippen molar-refractivity contribution in [1.82, 2.24) is 10.6 Å². The number of anilines is 2. The molecule has 3 aromatic rings. The number of aliphatic imine (C=N–C) groups is 1. The van der Waals surface area contributed by atoms with Crippen molar-refractivity contribution in [1.29, 1.82) is 0 Å². The molecule has 3 N–H and O–H groups in total. The average Bonchev–Trinajstić information content (AvgIpc) is 3.51. The van der Waals surface area contributed by atoms with Gasteiger partial charge in [0.1, 0.15) is 18.7 Å². The second-order valence-corrected chi connectivity index (χ2v) is 21.4. The largest absolute Gasteiger partial charge is 0.493 e. The van der Waals surface area contributed by atoms with Gasteiger partial charge in [-0.05, 0) is 91.8 Å². The van der Waals surface area contributed by atoms with Gasteiger partial charge in [0.15, 0.2) is 19.8 Å². The number of carbonyl (C=O) groups is 5. The molecule has 2 aliphatic rings. The van der Waals surface area contributed by atoms with Crippen molar-refractivity contribution >= 4 is 61.2 Å². The summed E-state index contributed by atoms with van der Waals surface area (Å²) in [6.45, 7) is 14.3. The molecule has 0 aliphatic carbocycles. The highest BCUT2D eigenvalue weighted by Gasteiger charge is 2.38. The van der Waals surface area contributed by atoms with E-state index >= 15 is 0 Å². The Hall–Kier alpha value is -5.54. The van der Waals surface area contributed by atoms with Crippen LogP contribution in [0.25, 0.3) is 0 Å². The zero-order valence-corrected chi connectivity index (χ0v) is 36.5. The maximum absolute atomic E-state index is 13.9. The molecular formula is C44H57N5O9Si. The fourth-order valence-electron chi connectivity index (χ4n) is 6.52. The second kappa shape index (κ2) is 19.0. The topological polar surface area (TPSA) is 174 Å². The fourth-order valence-corrected chi connectivity index (χ4v) is 7.48. The van der Waals surface area contributed by atoms with Gasteiger partial charge in [0.2, 0.25) is 17.7 Å². The van der Waals surface area contributed by atoms with Gasteiger partial charge in [-0.2, -0.15) is 0 Å². The minimum Gasteiger partial charge on any atom is -0.493 e. The first-order chi connectivity index (χ1) is 27.9. The number of benzene rings is 3. The molecule has 3 aromatic carbocycles. The predicted octanol–water partition coefficient (Wildman–Crippen LogP) is 6.76. The van der Waals surface area contributed by atoms with Gasteiger partial charge in [-0.3, -0.25) is 33.9 Å². The molecule has 0 bridgehead atoms. The molecule has 0 aromatic heterocycles. The van der Waals surface area contributed by atoms with E-state index in [0.29, 0.717) is 54.3 Å². The molecule has 4 amide bonds. The van der Waals surface area contributed by atoms with Gasteiger partial charge in [0, 0.05) is 42.9 Å². The Balaban J connectivity index is 1.29. The number of rotatable bonds is 17. The van der Waals surface area contributed by atoms with Crippen LogP contribution in [0.5, 0.6) is 11.5 Å². The smallest absolute Gasteiger partial charge is 0.305 e. The molecule has 15 heteroatoms. The Morgan fingerprint density at radius 3 is 2.25 bits per heavy atom. The first kappa shape index (κ1) is 44.6. The molecule has 0 spiro atoms. The predicted molar refractivity (Wildman–Crippen MR) is 229 cm³/mol. The van der Waals surface area contributed by atoms with E-state index in [2.05, 4.69) is 54.6 Å². The summed E-state index contributed by atoms with van der Waals surface area (Å²) in [7, 11) is 0.689. The van der Waals surface area contributed by atoms with E-state index in [0.717, 1.165) is 22.4 Å². The van der Waals surface area contributed by atoms with E-state index < -0.39 is 32.2 Å². The number of unbranched alkanes of at least 4 members (excludes halogenated alkanes) is 1. The molecule has 0 saturated carbocycles. The molecule has 59 heavy (non-hydrogen) atoms. The molecule has 0 fully saturated rings. The third-order valence-corrected chi connectivity index (χ3v) is 15.5. The van der Waals surface area contributed by atoms with Crippen LogP contribution in [0.15, 0.2) is 59.6 Å². The van der Waals surface area contributed by atoms with Crippen molar-refractivity contribution in [3.63, 3.8) is 0 Å². The zero-order valence-electron chi connectivity index (χ0n) is 35.5. The number of methoxy groups -OCH3 is 2. The number of ether oxygens (including phenoxy) is 3. The molecule has 3 atom stereocenters. The first-order valence-electron chi connectivity index (χ1n) is 20.0. The molecule has 2 heterocycles. The zero-order chi connectivity index (χ0) is 43.1. The summed E-state index contributed by atoms with van der Waals surface area (Å²) >= 11 is 0. The number of hydrogen-bond acceptors (Lipinski definition) is 10. The van der Waals surface area contributed by atoms with Gasteiger partial charge in [0.25, 0.3) is 5.91 Å². The van der Waals surface area contributed by atoms with Crippen molar-refractivity contribution < 1.29 is 42.6 Å². The number of nitrogens with zero attached hydrogens (tertiary/aromatic N) is 2. The van der Waals surface area contributed by atoms with E-state index in [-0.39, 0.29) is 48.3 Å². The maximum Gasteiger partial charge on any atom is 0.305 e. The number of para-hydroxylation sites is 1. The summed E-state index contributed by atoms with van der Waals surface area (Å²) in [6, 6.07) is 14.8. The summed E-state index contributed by atoms with van der Waals surface area (Å²) in [5, 5.41) is 8.21. The highest BCUT2D eigenvalue weighted by Crippen LogP contribution is 2.41. The lowest BCUT2D eigenvalue weighted by Gasteiger charge is -2.36. The minimum atomic E-state index is -2.14. The molecule has 316 valence electrons. The first-order valence-corrected chi connectivity index (χ1v) is 22.9. The molecule has 0 saturated heterocycles. The van der Waals surface area contributed by atoms with Gasteiger partial charge in [-0.1, -0.05) is 39.0 Å². The average molecular weight is 828 g/mol. The van der Waals surface area contributed by atoms with Crippen LogP contribution in [0.4, 0.5) is 17.1 Å². The lowest BCUT2D eigenvalue weighted by molar-refractivity contribution is -0.140. The standard InChI is InChI=1S/C44H57N5O9Si/c1-27(46-39(50)16-12-13-17-40(51)56-7)41(52)47-28(2)42(53)48-32-19-29(18-30(20-32)26-58-59(8,9)44(3,4)5)25-57-38-23-35-34(22-37(38)55-6)43(54)49-33(24-45-35)21-31-14-10-11-15-36(31)49/h10-11,14-15,18-20,22-24,27-28,33H,12-13,16-17,21,25-26H2,1-9H3,(H,46,50)(H,47,52)(H,48,53)/t27-,28-,33-/m0/s1. The normalized spacial score (nSPS) is 15.5. The van der Waals surface area contributed by atoms with Crippen molar-refractivity contribution in [3.05, 3.63) is 76.9 Å². The summed E-state index contributed by atoms with van der Waals surface area (Å²) in [5.74, 6) is -1.06. The van der Waals surface area contributed by atoms with E-state index in [4.69, 9.17) is 18.9 Å². The number of carbonyl (C=O) groups excluding carboxylic acids is 5. The van der Waals surface area contributed by atoms with Crippen LogP contribution in [0.1, 0.15) is 87.4 Å². The quantitative estimate of drug-likeness (QED) is 0.0755. The highest BCUT2D eigenvalue weighted by molar-refractivity contribution is 6.74. The van der Waals surface area contributed by atoms with E-state index in [1.165, 1.54) is 21.1 Å². The Kier molecular flexibility index (Phi) is 14.4. The molecule has 14 nitrogen and oxygen atoms in total. The Morgan fingerprint density at radius 2 is 1.56 bits per heavy atom. The molecule has 5 rings (SSSR count). The van der Waals surface area contributed by atoms with Gasteiger partial charge >= 0.3 is 5.97 Å². The van der Waals surface area contributed by atoms with Crippen molar-refractivity contribution in [3.8, 4) is 11.5 Å². The Morgan fingerprint density at radius 1 is 0.881 bits per heavy atom. The van der Waals surface area contributed by atoms with Gasteiger partial charge in [0.05, 0.1) is 38.1 Å². The van der Waals surface area contributed by atoms with Crippen LogP contribution in [-0.2, 0) is 48.0 Å². The highest BCUT2D eigenvalue weighted by atomic mass is 28.4. The lowest BCUT2D eigenvalue weighted by Crippen LogP contribution is -2.50. The maximum atomic E-state index is 13.9. The molecule has 0 unspecified atom stereocenters. The summed E-state index contributed by atoms with van der Waals surface area (Å²) < 4.78 is 23.2. The number of nitrogens with one attached hydrogen (secondary N) is 3. The van der Waals surface area contributed by atoms with Gasteiger partial charge < -0.3 is 34.6 Å². The van der Waals surface area contributed by atoms with Crippen molar-refractivity contribution in [2.24, 2.45) is 4.99 Å². The van der Waals surface area contributed by atoms with E-state index in [1.54, 1.807) is 36.2 Å². The molecule has 2 aliphatic heterocycles. The third-order valence-electron chi connectivity index (χ3n) is 11.0. The van der Waals surface area contributed by atoms with Crippen LogP contribution in [0, 0.1) is 0 Å². The molecule has 0 radical (unpaired) electrons. The van der Waals surface area contributed by atoms with Crippen LogP contribution >= 0.6 is 0 Å². The Bertz CT molecular complexity index is 2100.